The number of anilines is 2. The van der Waals surface area contributed by atoms with Gasteiger partial charge in [0, 0.05) is 25.5 Å². The van der Waals surface area contributed by atoms with Crippen LogP contribution in [0, 0.1) is 0 Å². The Morgan fingerprint density at radius 1 is 1.16 bits per heavy atom. The van der Waals surface area contributed by atoms with Gasteiger partial charge in [0.05, 0.1) is 0 Å². The average molecular weight is 279 g/mol. The third-order valence-corrected chi connectivity index (χ3v) is 2.53. The molecule has 0 saturated carbocycles. The van der Waals surface area contributed by atoms with Gasteiger partial charge in [0.1, 0.15) is 0 Å². The minimum Gasteiger partial charge on any atom is -0.354 e. The molecule has 6 nitrogen and oxygen atoms in total. The molecule has 0 aromatic carbocycles. The second kappa shape index (κ2) is 6.84. The van der Waals surface area contributed by atoms with E-state index in [-0.39, 0.29) is 5.28 Å². The van der Waals surface area contributed by atoms with E-state index in [9.17, 15) is 0 Å². The molecule has 100 valence electrons. The molecule has 0 atom stereocenters. The van der Waals surface area contributed by atoms with Crippen molar-refractivity contribution < 1.29 is 0 Å². The van der Waals surface area contributed by atoms with Crippen LogP contribution in [0.25, 0.3) is 0 Å². The normalized spacial score (nSPS) is 10.2. The van der Waals surface area contributed by atoms with Crippen LogP contribution in [0.1, 0.15) is 12.5 Å². The first-order valence-electron chi connectivity index (χ1n) is 6.06. The van der Waals surface area contributed by atoms with E-state index in [1.54, 1.807) is 6.20 Å². The van der Waals surface area contributed by atoms with E-state index in [0.717, 1.165) is 18.5 Å². The summed E-state index contributed by atoms with van der Waals surface area (Å²) >= 11 is 5.83. The van der Waals surface area contributed by atoms with Gasteiger partial charge in [-0.25, -0.2) is 0 Å². The molecule has 0 aliphatic carbocycles. The van der Waals surface area contributed by atoms with Crippen LogP contribution in [0.5, 0.6) is 0 Å². The molecule has 0 unspecified atom stereocenters. The Morgan fingerprint density at radius 2 is 1.95 bits per heavy atom. The highest BCUT2D eigenvalue weighted by molar-refractivity contribution is 6.28. The van der Waals surface area contributed by atoms with Crippen molar-refractivity contribution in [3.05, 3.63) is 35.4 Å². The van der Waals surface area contributed by atoms with Crippen molar-refractivity contribution in [2.75, 3.05) is 23.7 Å². The zero-order valence-electron chi connectivity index (χ0n) is 10.6. The molecule has 0 spiro atoms. The topological polar surface area (TPSA) is 75.6 Å². The Hall–Kier alpha value is -1.95. The van der Waals surface area contributed by atoms with E-state index >= 15 is 0 Å². The number of nitrogens with one attached hydrogen (secondary N) is 2. The van der Waals surface area contributed by atoms with Gasteiger partial charge in [0.2, 0.25) is 17.2 Å². The first kappa shape index (κ1) is 13.5. The lowest BCUT2D eigenvalue weighted by Gasteiger charge is -2.07. The molecule has 19 heavy (non-hydrogen) atoms. The fourth-order valence-corrected chi connectivity index (χ4v) is 1.69. The number of aromatic nitrogens is 4. The molecule has 2 rings (SSSR count). The highest BCUT2D eigenvalue weighted by Gasteiger charge is 2.03. The molecule has 0 bridgehead atoms. The van der Waals surface area contributed by atoms with Gasteiger partial charge in [-0.2, -0.15) is 15.0 Å². The third kappa shape index (κ3) is 4.33. The van der Waals surface area contributed by atoms with E-state index in [1.807, 2.05) is 25.3 Å². The summed E-state index contributed by atoms with van der Waals surface area (Å²) in [6, 6.07) is 3.94. The molecule has 2 N–H and O–H groups in total. The first-order chi connectivity index (χ1) is 9.28. The van der Waals surface area contributed by atoms with E-state index < -0.39 is 0 Å². The Kier molecular flexibility index (Phi) is 4.85. The lowest BCUT2D eigenvalue weighted by atomic mass is 10.2. The van der Waals surface area contributed by atoms with Crippen molar-refractivity contribution in [3.8, 4) is 0 Å². The second-order valence-corrected chi connectivity index (χ2v) is 4.16. The molecule has 0 aliphatic rings. The van der Waals surface area contributed by atoms with E-state index in [0.29, 0.717) is 18.4 Å². The highest BCUT2D eigenvalue weighted by atomic mass is 35.5. The molecule has 0 fully saturated rings. The fraction of sp³-hybridized carbons (Fsp3) is 0.333. The monoisotopic (exact) mass is 278 g/mol. The zero-order valence-corrected chi connectivity index (χ0v) is 11.4. The van der Waals surface area contributed by atoms with Crippen molar-refractivity contribution in [3.63, 3.8) is 0 Å². The van der Waals surface area contributed by atoms with Crippen LogP contribution in [0.3, 0.4) is 0 Å². The van der Waals surface area contributed by atoms with Crippen LogP contribution in [-0.2, 0) is 6.42 Å². The molecule has 2 aromatic rings. The van der Waals surface area contributed by atoms with Gasteiger partial charge in [0.15, 0.2) is 0 Å². The Bertz CT molecular complexity index is 519. The van der Waals surface area contributed by atoms with Crippen molar-refractivity contribution in [1.29, 1.82) is 0 Å². The molecule has 0 aliphatic heterocycles. The summed E-state index contributed by atoms with van der Waals surface area (Å²) in [6.45, 7) is 3.40. The van der Waals surface area contributed by atoms with Gasteiger partial charge in [0.25, 0.3) is 0 Å². The molecule has 0 amide bonds. The summed E-state index contributed by atoms with van der Waals surface area (Å²) in [6.07, 6.45) is 4.44. The van der Waals surface area contributed by atoms with Crippen LogP contribution in [0.4, 0.5) is 11.9 Å². The number of hydrogen-bond donors (Lipinski definition) is 2. The van der Waals surface area contributed by atoms with E-state index in [2.05, 4.69) is 30.6 Å². The summed E-state index contributed by atoms with van der Waals surface area (Å²) in [5.74, 6) is 0.950. The average Bonchev–Trinajstić information content (AvgIpc) is 2.40. The lowest BCUT2D eigenvalue weighted by Crippen LogP contribution is -2.11. The standard InChI is InChI=1S/C12H15ClN6/c1-2-15-11-17-10(13)18-12(19-11)16-7-5-9-4-3-6-14-8-9/h3-4,6,8H,2,5,7H2,1H3,(H2,15,16,17,18,19). The van der Waals surface area contributed by atoms with Gasteiger partial charge in [-0.05, 0) is 36.6 Å². The number of pyridine rings is 1. The number of nitrogens with zero attached hydrogens (tertiary/aromatic N) is 4. The maximum atomic E-state index is 5.83. The molecular formula is C12H15ClN6. The quantitative estimate of drug-likeness (QED) is 0.842. The van der Waals surface area contributed by atoms with Crippen molar-refractivity contribution in [1.82, 2.24) is 19.9 Å². The Morgan fingerprint density at radius 3 is 2.63 bits per heavy atom. The van der Waals surface area contributed by atoms with Crippen LogP contribution >= 0.6 is 11.6 Å². The largest absolute Gasteiger partial charge is 0.354 e. The molecular weight excluding hydrogens is 264 g/mol. The summed E-state index contributed by atoms with van der Waals surface area (Å²) in [5, 5.41) is 6.29. The van der Waals surface area contributed by atoms with Crippen molar-refractivity contribution in [2.45, 2.75) is 13.3 Å². The Labute approximate surface area is 116 Å². The van der Waals surface area contributed by atoms with Crippen LogP contribution in [0.2, 0.25) is 5.28 Å². The third-order valence-electron chi connectivity index (χ3n) is 2.36. The predicted octanol–water partition coefficient (Wildman–Crippen LogP) is 2.01. The summed E-state index contributed by atoms with van der Waals surface area (Å²) < 4.78 is 0. The summed E-state index contributed by atoms with van der Waals surface area (Å²) in [7, 11) is 0. The lowest BCUT2D eigenvalue weighted by molar-refractivity contribution is 0.952. The summed E-state index contributed by atoms with van der Waals surface area (Å²) in [4.78, 5) is 16.3. The van der Waals surface area contributed by atoms with E-state index in [4.69, 9.17) is 11.6 Å². The van der Waals surface area contributed by atoms with Crippen molar-refractivity contribution in [2.24, 2.45) is 0 Å². The van der Waals surface area contributed by atoms with Crippen molar-refractivity contribution >= 4 is 23.5 Å². The number of halogens is 1. The SMILES string of the molecule is CCNc1nc(Cl)nc(NCCc2cccnc2)n1. The number of rotatable bonds is 6. The minimum atomic E-state index is 0.176. The van der Waals surface area contributed by atoms with Gasteiger partial charge in [-0.3, -0.25) is 4.98 Å². The maximum Gasteiger partial charge on any atom is 0.228 e. The molecule has 7 heteroatoms. The Balaban J connectivity index is 1.92. The maximum absolute atomic E-state index is 5.83. The van der Waals surface area contributed by atoms with Gasteiger partial charge >= 0.3 is 0 Å². The van der Waals surface area contributed by atoms with Crippen LogP contribution in [-0.4, -0.2) is 33.0 Å². The predicted molar refractivity (Wildman–Crippen MR) is 75.4 cm³/mol. The number of hydrogen-bond acceptors (Lipinski definition) is 6. The van der Waals surface area contributed by atoms with Crippen LogP contribution in [0.15, 0.2) is 24.5 Å². The molecule has 2 heterocycles. The zero-order chi connectivity index (χ0) is 13.5. The first-order valence-corrected chi connectivity index (χ1v) is 6.44. The van der Waals surface area contributed by atoms with E-state index in [1.165, 1.54) is 0 Å². The molecule has 2 aromatic heterocycles. The highest BCUT2D eigenvalue weighted by Crippen LogP contribution is 2.09. The minimum absolute atomic E-state index is 0.176. The molecule has 0 saturated heterocycles. The van der Waals surface area contributed by atoms with Gasteiger partial charge < -0.3 is 10.6 Å². The molecule has 0 radical (unpaired) electrons. The van der Waals surface area contributed by atoms with Gasteiger partial charge in [-0.15, -0.1) is 0 Å². The smallest absolute Gasteiger partial charge is 0.228 e. The fourth-order valence-electron chi connectivity index (χ4n) is 1.53. The van der Waals surface area contributed by atoms with Crippen LogP contribution < -0.4 is 10.6 Å². The second-order valence-electron chi connectivity index (χ2n) is 3.82. The summed E-state index contributed by atoms with van der Waals surface area (Å²) in [5.41, 5.74) is 1.15. The van der Waals surface area contributed by atoms with Gasteiger partial charge in [-0.1, -0.05) is 6.07 Å².